The zero-order valence-corrected chi connectivity index (χ0v) is 19.0. The zero-order chi connectivity index (χ0) is 20.0. The molecular weight excluding hydrogens is 332 g/mol. The molecule has 0 aliphatic rings. The van der Waals surface area contributed by atoms with Gasteiger partial charge in [-0.1, -0.05) is 103 Å². The lowest BCUT2D eigenvalue weighted by molar-refractivity contribution is -0.121. The van der Waals surface area contributed by atoms with Crippen molar-refractivity contribution in [1.82, 2.24) is 10.2 Å². The molecule has 0 bridgehead atoms. The molecule has 0 rings (SSSR count). The first kappa shape index (κ1) is 26.4. The molecule has 0 spiro atoms. The summed E-state index contributed by atoms with van der Waals surface area (Å²) in [6.07, 6.45) is 23.9. The first-order valence-corrected chi connectivity index (χ1v) is 12.1. The van der Waals surface area contributed by atoms with Gasteiger partial charge in [-0.05, 0) is 33.5 Å². The van der Waals surface area contributed by atoms with Crippen LogP contribution in [0.2, 0.25) is 0 Å². The van der Waals surface area contributed by atoms with Gasteiger partial charge in [0, 0.05) is 13.0 Å². The number of nitrogens with zero attached hydrogens (tertiary/aromatic N) is 1. The first-order valence-electron chi connectivity index (χ1n) is 12.1. The fraction of sp³-hybridized carbons (Fsp3) is 0.958. The van der Waals surface area contributed by atoms with Crippen molar-refractivity contribution in [3.63, 3.8) is 0 Å². The number of nitrogens with one attached hydrogen (secondary N) is 1. The van der Waals surface area contributed by atoms with Crippen molar-refractivity contribution in [1.29, 1.82) is 0 Å². The Labute approximate surface area is 171 Å². The van der Waals surface area contributed by atoms with Crippen molar-refractivity contribution in [2.45, 2.75) is 122 Å². The highest BCUT2D eigenvalue weighted by Gasteiger charge is 2.01. The molecule has 162 valence electrons. The number of carbonyl (C=O) groups is 1. The van der Waals surface area contributed by atoms with E-state index < -0.39 is 0 Å². The van der Waals surface area contributed by atoms with Gasteiger partial charge >= 0.3 is 0 Å². The summed E-state index contributed by atoms with van der Waals surface area (Å²) in [5.74, 6) is 0.220. The zero-order valence-electron chi connectivity index (χ0n) is 19.0. The molecular formula is C24H50N2O. The lowest BCUT2D eigenvalue weighted by atomic mass is 10.0. The molecule has 0 fully saturated rings. The van der Waals surface area contributed by atoms with E-state index in [1.54, 1.807) is 0 Å². The maximum atomic E-state index is 11.7. The van der Waals surface area contributed by atoms with Crippen LogP contribution in [0.15, 0.2) is 0 Å². The van der Waals surface area contributed by atoms with Crippen LogP contribution in [0.5, 0.6) is 0 Å². The second kappa shape index (κ2) is 21.7. The third-order valence-corrected chi connectivity index (χ3v) is 5.36. The lowest BCUT2D eigenvalue weighted by Crippen LogP contribution is -2.25. The van der Waals surface area contributed by atoms with Crippen LogP contribution >= 0.6 is 0 Å². The quantitative estimate of drug-likeness (QED) is 0.224. The van der Waals surface area contributed by atoms with Crippen molar-refractivity contribution in [3.8, 4) is 0 Å². The highest BCUT2D eigenvalue weighted by atomic mass is 16.1. The van der Waals surface area contributed by atoms with E-state index in [2.05, 4.69) is 17.1 Å². The van der Waals surface area contributed by atoms with Crippen molar-refractivity contribution in [3.05, 3.63) is 0 Å². The first-order chi connectivity index (χ1) is 13.2. The van der Waals surface area contributed by atoms with E-state index in [0.717, 1.165) is 25.9 Å². The fourth-order valence-electron chi connectivity index (χ4n) is 3.55. The summed E-state index contributed by atoms with van der Waals surface area (Å²) in [5, 5.41) is 3.05. The molecule has 0 unspecified atom stereocenters. The molecule has 0 saturated carbocycles. The lowest BCUT2D eigenvalue weighted by Gasteiger charge is -2.09. The number of carbonyl (C=O) groups excluding carboxylic acids is 1. The summed E-state index contributed by atoms with van der Waals surface area (Å²) >= 11 is 0. The molecule has 0 atom stereocenters. The Hall–Kier alpha value is -0.570. The highest BCUT2D eigenvalue weighted by molar-refractivity contribution is 5.75. The third-order valence-electron chi connectivity index (χ3n) is 5.36. The number of hydrogen-bond acceptors (Lipinski definition) is 2. The van der Waals surface area contributed by atoms with Gasteiger partial charge in [0.05, 0.1) is 0 Å². The summed E-state index contributed by atoms with van der Waals surface area (Å²) in [6, 6.07) is 0. The van der Waals surface area contributed by atoms with Gasteiger partial charge in [0.2, 0.25) is 5.91 Å². The van der Waals surface area contributed by atoms with Crippen LogP contribution in [-0.2, 0) is 4.79 Å². The largest absolute Gasteiger partial charge is 0.356 e. The van der Waals surface area contributed by atoms with Gasteiger partial charge < -0.3 is 10.2 Å². The molecule has 1 amide bonds. The van der Waals surface area contributed by atoms with Crippen molar-refractivity contribution < 1.29 is 4.79 Å². The molecule has 3 nitrogen and oxygen atoms in total. The van der Waals surface area contributed by atoms with Gasteiger partial charge in [0.15, 0.2) is 0 Å². The van der Waals surface area contributed by atoms with Crippen molar-refractivity contribution >= 4 is 5.91 Å². The van der Waals surface area contributed by atoms with Crippen LogP contribution < -0.4 is 5.32 Å². The Bertz CT molecular complexity index is 305. The van der Waals surface area contributed by atoms with E-state index >= 15 is 0 Å². The topological polar surface area (TPSA) is 32.3 Å². The van der Waals surface area contributed by atoms with Crippen LogP contribution in [0.4, 0.5) is 0 Å². The minimum absolute atomic E-state index is 0.220. The molecule has 27 heavy (non-hydrogen) atoms. The Kier molecular flexibility index (Phi) is 21.3. The van der Waals surface area contributed by atoms with Crippen molar-refractivity contribution in [2.75, 3.05) is 27.2 Å². The molecule has 0 aromatic carbocycles. The van der Waals surface area contributed by atoms with E-state index in [0.29, 0.717) is 6.42 Å². The van der Waals surface area contributed by atoms with Gasteiger partial charge in [0.1, 0.15) is 0 Å². The fourth-order valence-corrected chi connectivity index (χ4v) is 3.55. The van der Waals surface area contributed by atoms with Crippen LogP contribution in [0.1, 0.15) is 122 Å². The van der Waals surface area contributed by atoms with Crippen LogP contribution in [0.25, 0.3) is 0 Å². The Morgan fingerprint density at radius 2 is 1.04 bits per heavy atom. The summed E-state index contributed by atoms with van der Waals surface area (Å²) in [4.78, 5) is 13.8. The Morgan fingerprint density at radius 1 is 0.630 bits per heavy atom. The predicted octanol–water partition coefficient (Wildman–Crippen LogP) is 6.71. The van der Waals surface area contributed by atoms with E-state index in [1.807, 2.05) is 14.1 Å². The van der Waals surface area contributed by atoms with E-state index in [9.17, 15) is 4.79 Å². The number of amides is 1. The summed E-state index contributed by atoms with van der Waals surface area (Å²) in [5.41, 5.74) is 0. The molecule has 0 aliphatic carbocycles. The van der Waals surface area contributed by atoms with Gasteiger partial charge in [-0.2, -0.15) is 0 Å². The Morgan fingerprint density at radius 3 is 1.44 bits per heavy atom. The minimum atomic E-state index is 0.220. The normalized spacial score (nSPS) is 11.3. The number of rotatable bonds is 21. The second-order valence-electron chi connectivity index (χ2n) is 8.56. The third kappa shape index (κ3) is 23.4. The molecule has 0 heterocycles. The van der Waals surface area contributed by atoms with Crippen LogP contribution in [0.3, 0.4) is 0 Å². The number of unbranched alkanes of at least 4 members (excludes halogenated alkanes) is 15. The molecule has 1 N–H and O–H groups in total. The van der Waals surface area contributed by atoms with E-state index in [4.69, 9.17) is 0 Å². The molecule has 0 radical (unpaired) electrons. The van der Waals surface area contributed by atoms with Gasteiger partial charge in [-0.3, -0.25) is 4.79 Å². The smallest absolute Gasteiger partial charge is 0.220 e. The van der Waals surface area contributed by atoms with Gasteiger partial charge in [0.25, 0.3) is 0 Å². The molecule has 0 saturated heterocycles. The monoisotopic (exact) mass is 382 g/mol. The van der Waals surface area contributed by atoms with Gasteiger partial charge in [-0.15, -0.1) is 0 Å². The SMILES string of the molecule is CCCCCCCCCCCCCCCCCCNC(=O)CCCN(C)C. The maximum absolute atomic E-state index is 11.7. The summed E-state index contributed by atoms with van der Waals surface area (Å²) in [7, 11) is 4.10. The predicted molar refractivity (Wildman–Crippen MR) is 120 cm³/mol. The summed E-state index contributed by atoms with van der Waals surface area (Å²) in [6.45, 7) is 4.14. The molecule has 0 aromatic rings. The summed E-state index contributed by atoms with van der Waals surface area (Å²) < 4.78 is 0. The molecule has 3 heteroatoms. The standard InChI is InChI=1S/C24H50N2O/c1-4-5-6-7-8-9-10-11-12-13-14-15-16-17-18-19-22-25-24(27)21-20-23-26(2)3/h4-23H2,1-3H3,(H,25,27). The minimum Gasteiger partial charge on any atom is -0.356 e. The van der Waals surface area contributed by atoms with E-state index in [-0.39, 0.29) is 5.91 Å². The number of hydrogen-bond donors (Lipinski definition) is 1. The second-order valence-corrected chi connectivity index (χ2v) is 8.56. The van der Waals surface area contributed by atoms with Crippen molar-refractivity contribution in [2.24, 2.45) is 0 Å². The van der Waals surface area contributed by atoms with Gasteiger partial charge in [-0.25, -0.2) is 0 Å². The average Bonchev–Trinajstić information content (AvgIpc) is 2.64. The average molecular weight is 383 g/mol. The maximum Gasteiger partial charge on any atom is 0.220 e. The van der Waals surface area contributed by atoms with E-state index in [1.165, 1.54) is 96.3 Å². The Balaban J connectivity index is 3.09. The van der Waals surface area contributed by atoms with Crippen LogP contribution in [-0.4, -0.2) is 38.0 Å². The highest BCUT2D eigenvalue weighted by Crippen LogP contribution is 2.13. The molecule has 0 aliphatic heterocycles. The molecule has 0 aromatic heterocycles. The van der Waals surface area contributed by atoms with Crippen LogP contribution in [0, 0.1) is 0 Å².